The van der Waals surface area contributed by atoms with Gasteiger partial charge in [-0.05, 0) is 69.0 Å². The van der Waals surface area contributed by atoms with Crippen molar-refractivity contribution in [2.45, 2.75) is 38.1 Å². The van der Waals surface area contributed by atoms with Gasteiger partial charge in [-0.1, -0.05) is 37.3 Å². The maximum atomic E-state index is 12.5. The molecule has 0 saturated heterocycles. The van der Waals surface area contributed by atoms with Crippen LogP contribution in [0.15, 0.2) is 73.3 Å². The summed E-state index contributed by atoms with van der Waals surface area (Å²) >= 11 is 0. The lowest BCUT2D eigenvalue weighted by molar-refractivity contribution is 0.0459. The van der Waals surface area contributed by atoms with E-state index in [1.165, 1.54) is 5.56 Å². The Balaban J connectivity index is 1.35. The zero-order valence-electron chi connectivity index (χ0n) is 21.1. The molecule has 0 unspecified atom stereocenters. The van der Waals surface area contributed by atoms with Gasteiger partial charge in [-0.3, -0.25) is 14.4 Å². The molecule has 5 rings (SSSR count). The van der Waals surface area contributed by atoms with Crippen molar-refractivity contribution in [1.29, 1.82) is 0 Å². The molecule has 0 bridgehead atoms. The molecular weight excluding hydrogens is 450 g/mol. The van der Waals surface area contributed by atoms with Crippen LogP contribution in [0.2, 0.25) is 0 Å². The van der Waals surface area contributed by atoms with Crippen LogP contribution >= 0.6 is 0 Å². The number of primary amides is 1. The minimum atomic E-state index is -0.492. The minimum absolute atomic E-state index is 0.00332. The van der Waals surface area contributed by atoms with Gasteiger partial charge in [0.2, 0.25) is 5.95 Å². The van der Waals surface area contributed by atoms with E-state index in [0.717, 1.165) is 36.7 Å². The highest BCUT2D eigenvalue weighted by Gasteiger charge is 2.44. The number of carbonyl (C=O) groups is 1. The lowest BCUT2D eigenvalue weighted by Crippen LogP contribution is -2.50. The van der Waals surface area contributed by atoms with Crippen molar-refractivity contribution in [2.75, 3.05) is 25.5 Å². The number of pyridine rings is 1. The first kappa shape index (κ1) is 23.9. The molecule has 2 amide bonds. The molecule has 186 valence electrons. The second-order valence-electron chi connectivity index (χ2n) is 10.4. The Bertz CT molecular complexity index is 1340. The van der Waals surface area contributed by atoms with E-state index in [-0.39, 0.29) is 11.0 Å². The molecule has 3 aromatic heterocycles. The number of hydrogen-bond acceptors (Lipinski definition) is 5. The highest BCUT2D eigenvalue weighted by atomic mass is 16.2. The first-order valence-electron chi connectivity index (χ1n) is 12.4. The van der Waals surface area contributed by atoms with Crippen LogP contribution in [-0.2, 0) is 5.54 Å². The van der Waals surface area contributed by atoms with Gasteiger partial charge < -0.3 is 5.73 Å². The smallest absolute Gasteiger partial charge is 0.319 e. The van der Waals surface area contributed by atoms with E-state index in [1.807, 2.05) is 29.0 Å². The molecule has 1 fully saturated rings. The van der Waals surface area contributed by atoms with Crippen molar-refractivity contribution in [3.05, 3.63) is 78.9 Å². The number of hydrogen-bond donors (Lipinski definition) is 1. The zero-order valence-corrected chi connectivity index (χ0v) is 21.1. The van der Waals surface area contributed by atoms with Crippen LogP contribution in [0.5, 0.6) is 0 Å². The fourth-order valence-electron chi connectivity index (χ4n) is 5.55. The first-order valence-corrected chi connectivity index (χ1v) is 12.4. The third kappa shape index (κ3) is 4.33. The average Bonchev–Trinajstić information content (AvgIpc) is 3.33. The Morgan fingerprint density at radius 1 is 0.972 bits per heavy atom. The van der Waals surface area contributed by atoms with E-state index in [2.05, 4.69) is 71.2 Å². The summed E-state index contributed by atoms with van der Waals surface area (Å²) in [5.41, 5.74) is 8.52. The van der Waals surface area contributed by atoms with E-state index in [4.69, 9.17) is 5.73 Å². The van der Waals surface area contributed by atoms with Crippen molar-refractivity contribution in [2.24, 2.45) is 11.1 Å². The highest BCUT2D eigenvalue weighted by Crippen LogP contribution is 2.48. The second kappa shape index (κ2) is 9.35. The Hall–Kier alpha value is -3.78. The number of carbonyl (C=O) groups excluding carboxylic acids is 1. The summed E-state index contributed by atoms with van der Waals surface area (Å²) in [4.78, 5) is 30.0. The van der Waals surface area contributed by atoms with E-state index in [0.29, 0.717) is 18.2 Å². The molecule has 1 saturated carbocycles. The van der Waals surface area contributed by atoms with Crippen LogP contribution in [0.4, 0.5) is 10.5 Å². The van der Waals surface area contributed by atoms with Crippen LogP contribution in [0.25, 0.3) is 17.0 Å². The lowest BCUT2D eigenvalue weighted by Gasteiger charge is -2.50. The number of anilines is 1. The zero-order chi connectivity index (χ0) is 25.3. The molecule has 1 aliphatic carbocycles. The summed E-state index contributed by atoms with van der Waals surface area (Å²) < 4.78 is 1.83. The van der Waals surface area contributed by atoms with Crippen molar-refractivity contribution in [3.8, 4) is 5.95 Å². The van der Waals surface area contributed by atoms with E-state index < -0.39 is 6.03 Å². The molecule has 4 aromatic rings. The SMILES string of the molecule is CN(C)[C@]1(c2ccccc2)CC[C@@](C)(CN(C(N)=O)c2cnc(-n3ccc4cccnc43)nc2)CC1. The summed E-state index contributed by atoms with van der Waals surface area (Å²) in [7, 11) is 4.32. The number of nitrogens with zero attached hydrogens (tertiary/aromatic N) is 6. The summed E-state index contributed by atoms with van der Waals surface area (Å²) in [5, 5.41) is 1.01. The fourth-order valence-corrected chi connectivity index (χ4v) is 5.55. The summed E-state index contributed by atoms with van der Waals surface area (Å²) in [5.74, 6) is 0.499. The third-order valence-corrected chi connectivity index (χ3v) is 7.86. The highest BCUT2D eigenvalue weighted by molar-refractivity contribution is 5.90. The van der Waals surface area contributed by atoms with Gasteiger partial charge in [0.25, 0.3) is 0 Å². The number of amides is 2. The standard InChI is InChI=1S/C28H33N7O/c1-27(12-14-28(15-13-27,33(2)3)22-9-5-4-6-10-22)20-35(25(29)36)23-18-31-26(32-19-23)34-17-11-21-8-7-16-30-24(21)34/h4-11,16-19H,12-15,20H2,1-3H3,(H2,29,36)/t27-,28-. The largest absolute Gasteiger partial charge is 0.351 e. The monoisotopic (exact) mass is 483 g/mol. The number of nitrogens with two attached hydrogens (primary N) is 1. The van der Waals surface area contributed by atoms with Crippen molar-refractivity contribution in [3.63, 3.8) is 0 Å². The second-order valence-corrected chi connectivity index (χ2v) is 10.4. The van der Waals surface area contributed by atoms with Crippen molar-refractivity contribution >= 4 is 22.8 Å². The molecule has 1 aliphatic rings. The number of rotatable bonds is 6. The maximum Gasteiger partial charge on any atom is 0.319 e. The molecule has 0 atom stereocenters. The van der Waals surface area contributed by atoms with Crippen LogP contribution < -0.4 is 10.6 Å². The van der Waals surface area contributed by atoms with Gasteiger partial charge >= 0.3 is 6.03 Å². The van der Waals surface area contributed by atoms with Crippen molar-refractivity contribution < 1.29 is 4.79 Å². The van der Waals surface area contributed by atoms with Gasteiger partial charge in [-0.25, -0.2) is 19.7 Å². The number of urea groups is 1. The maximum absolute atomic E-state index is 12.5. The van der Waals surface area contributed by atoms with Crippen LogP contribution in [0.3, 0.4) is 0 Å². The van der Waals surface area contributed by atoms with Gasteiger partial charge in [0.05, 0.1) is 18.1 Å². The van der Waals surface area contributed by atoms with Crippen LogP contribution in [0.1, 0.15) is 38.2 Å². The summed E-state index contributed by atoms with van der Waals surface area (Å²) in [6.07, 6.45) is 10.9. The molecule has 8 heteroatoms. The van der Waals surface area contributed by atoms with Gasteiger partial charge in [0.15, 0.2) is 0 Å². The van der Waals surface area contributed by atoms with Crippen LogP contribution in [0, 0.1) is 5.41 Å². The number of aromatic nitrogens is 4. The topological polar surface area (TPSA) is 93.2 Å². The molecule has 8 nitrogen and oxygen atoms in total. The quantitative estimate of drug-likeness (QED) is 0.428. The summed E-state index contributed by atoms with van der Waals surface area (Å²) in [6, 6.07) is 16.1. The van der Waals surface area contributed by atoms with E-state index in [9.17, 15) is 4.79 Å². The third-order valence-electron chi connectivity index (χ3n) is 7.86. The normalized spacial score (nSPS) is 22.1. The average molecular weight is 484 g/mol. The summed E-state index contributed by atoms with van der Waals surface area (Å²) in [6.45, 7) is 2.78. The first-order chi connectivity index (χ1) is 17.3. The number of benzene rings is 1. The molecule has 36 heavy (non-hydrogen) atoms. The minimum Gasteiger partial charge on any atom is -0.351 e. The van der Waals surface area contributed by atoms with E-state index in [1.54, 1.807) is 23.5 Å². The number of fused-ring (bicyclic) bond motifs is 1. The van der Waals surface area contributed by atoms with Crippen molar-refractivity contribution in [1.82, 2.24) is 24.4 Å². The molecule has 1 aromatic carbocycles. The Kier molecular flexibility index (Phi) is 6.22. The fraction of sp³-hybridized carbons (Fsp3) is 0.357. The van der Waals surface area contributed by atoms with Gasteiger partial charge in [0, 0.05) is 29.9 Å². The Labute approximate surface area is 211 Å². The van der Waals surface area contributed by atoms with Gasteiger partial charge in [-0.15, -0.1) is 0 Å². The van der Waals surface area contributed by atoms with Gasteiger partial charge in [0.1, 0.15) is 5.65 Å². The van der Waals surface area contributed by atoms with Gasteiger partial charge in [-0.2, -0.15) is 0 Å². The molecule has 0 aliphatic heterocycles. The molecule has 0 radical (unpaired) electrons. The predicted octanol–water partition coefficient (Wildman–Crippen LogP) is 4.74. The molecule has 2 N–H and O–H groups in total. The Morgan fingerprint density at radius 3 is 2.31 bits per heavy atom. The molecule has 3 heterocycles. The predicted molar refractivity (Wildman–Crippen MR) is 142 cm³/mol. The Morgan fingerprint density at radius 2 is 1.67 bits per heavy atom. The lowest BCUT2D eigenvalue weighted by atomic mass is 9.65. The van der Waals surface area contributed by atoms with E-state index >= 15 is 0 Å². The van der Waals surface area contributed by atoms with Crippen LogP contribution in [-0.4, -0.2) is 51.1 Å². The molecule has 0 spiro atoms. The molecular formula is C28H33N7O.